The van der Waals surface area contributed by atoms with Crippen molar-refractivity contribution in [2.75, 3.05) is 6.54 Å². The fourth-order valence-electron chi connectivity index (χ4n) is 1.55. The Hall–Kier alpha value is -1.71. The highest BCUT2D eigenvalue weighted by molar-refractivity contribution is 5.73. The highest BCUT2D eigenvalue weighted by atomic mass is 16.5. The van der Waals surface area contributed by atoms with Crippen LogP contribution in [0.15, 0.2) is 24.3 Å². The summed E-state index contributed by atoms with van der Waals surface area (Å²) < 4.78 is 5.57. The van der Waals surface area contributed by atoms with Gasteiger partial charge >= 0.3 is 6.03 Å². The molecule has 0 unspecified atom stereocenters. The maximum atomic E-state index is 11.6. The zero-order chi connectivity index (χ0) is 15.2. The van der Waals surface area contributed by atoms with Gasteiger partial charge in [-0.15, -0.1) is 0 Å². The van der Waals surface area contributed by atoms with Crippen molar-refractivity contribution in [1.82, 2.24) is 10.6 Å². The quantitative estimate of drug-likeness (QED) is 0.868. The lowest BCUT2D eigenvalue weighted by Crippen LogP contribution is -2.39. The molecule has 0 aliphatic rings. The Bertz CT molecular complexity index is 419. The summed E-state index contributed by atoms with van der Waals surface area (Å²) in [7, 11) is 0. The number of ether oxygens (including phenoxy) is 1. The molecule has 0 aromatic heterocycles. The molecule has 0 fully saturated rings. The van der Waals surface area contributed by atoms with Crippen LogP contribution in [0.5, 0.6) is 5.75 Å². The van der Waals surface area contributed by atoms with Gasteiger partial charge in [0.15, 0.2) is 0 Å². The highest BCUT2D eigenvalue weighted by Gasteiger charge is 2.11. The molecule has 0 bridgehead atoms. The van der Waals surface area contributed by atoms with E-state index < -0.39 is 0 Å². The van der Waals surface area contributed by atoms with Crippen LogP contribution in [0, 0.1) is 5.41 Å². The summed E-state index contributed by atoms with van der Waals surface area (Å²) in [5.74, 6) is 0.848. The summed E-state index contributed by atoms with van der Waals surface area (Å²) in [6, 6.07) is 7.62. The largest absolute Gasteiger partial charge is 0.491 e. The minimum absolute atomic E-state index is 0.0904. The average molecular weight is 278 g/mol. The lowest BCUT2D eigenvalue weighted by atomic mass is 9.97. The fraction of sp³-hybridized carbons (Fsp3) is 0.562. The third-order valence-corrected chi connectivity index (χ3v) is 2.53. The summed E-state index contributed by atoms with van der Waals surface area (Å²) in [5, 5.41) is 5.70. The second-order valence-electron chi connectivity index (χ2n) is 6.41. The van der Waals surface area contributed by atoms with Crippen LogP contribution in [0.25, 0.3) is 0 Å². The summed E-state index contributed by atoms with van der Waals surface area (Å²) in [5.41, 5.74) is 1.14. The summed E-state index contributed by atoms with van der Waals surface area (Å²) in [6.07, 6.45) is 0.169. The van der Waals surface area contributed by atoms with E-state index in [-0.39, 0.29) is 17.6 Å². The van der Waals surface area contributed by atoms with Gasteiger partial charge in [0.25, 0.3) is 0 Å². The maximum Gasteiger partial charge on any atom is 0.315 e. The Morgan fingerprint density at radius 3 is 2.25 bits per heavy atom. The summed E-state index contributed by atoms with van der Waals surface area (Å²) in [4.78, 5) is 11.6. The summed E-state index contributed by atoms with van der Waals surface area (Å²) >= 11 is 0. The normalized spacial score (nSPS) is 11.3. The van der Waals surface area contributed by atoms with E-state index in [2.05, 4.69) is 31.4 Å². The molecule has 0 spiro atoms. The Balaban J connectivity index is 2.36. The van der Waals surface area contributed by atoms with Crippen molar-refractivity contribution >= 4 is 6.03 Å². The molecule has 1 rings (SSSR count). The van der Waals surface area contributed by atoms with Crippen molar-refractivity contribution < 1.29 is 9.53 Å². The molecule has 0 saturated carbocycles. The van der Waals surface area contributed by atoms with Gasteiger partial charge in [0, 0.05) is 13.1 Å². The molecule has 0 aliphatic heterocycles. The first-order chi connectivity index (χ1) is 9.26. The standard InChI is InChI=1S/C16H26N2O2/c1-12(2)20-14-8-6-13(7-9-14)10-17-15(19)18-11-16(3,4)5/h6-9,12H,10-11H2,1-5H3,(H2,17,18,19). The van der Waals surface area contributed by atoms with Crippen LogP contribution < -0.4 is 15.4 Å². The molecule has 2 N–H and O–H groups in total. The Morgan fingerprint density at radius 2 is 1.75 bits per heavy atom. The molecule has 0 aliphatic carbocycles. The second-order valence-corrected chi connectivity index (χ2v) is 6.41. The molecule has 20 heavy (non-hydrogen) atoms. The molecule has 2 amide bonds. The van der Waals surface area contributed by atoms with E-state index in [1.807, 2.05) is 38.1 Å². The van der Waals surface area contributed by atoms with Crippen LogP contribution in [0.4, 0.5) is 4.79 Å². The molecule has 1 aromatic carbocycles. The number of rotatable bonds is 5. The van der Waals surface area contributed by atoms with Crippen molar-refractivity contribution in [1.29, 1.82) is 0 Å². The van der Waals surface area contributed by atoms with Gasteiger partial charge in [0.05, 0.1) is 6.10 Å². The van der Waals surface area contributed by atoms with Crippen molar-refractivity contribution in [2.45, 2.75) is 47.3 Å². The number of carbonyl (C=O) groups is 1. The van der Waals surface area contributed by atoms with Crippen LogP contribution in [0.2, 0.25) is 0 Å². The first-order valence-electron chi connectivity index (χ1n) is 7.03. The molecule has 112 valence electrons. The molecular formula is C16H26N2O2. The highest BCUT2D eigenvalue weighted by Crippen LogP contribution is 2.13. The lowest BCUT2D eigenvalue weighted by molar-refractivity contribution is 0.235. The van der Waals surface area contributed by atoms with Gasteiger partial charge in [0.2, 0.25) is 0 Å². The fourth-order valence-corrected chi connectivity index (χ4v) is 1.55. The number of nitrogens with one attached hydrogen (secondary N) is 2. The minimum Gasteiger partial charge on any atom is -0.491 e. The van der Waals surface area contributed by atoms with Gasteiger partial charge in [0.1, 0.15) is 5.75 Å². The maximum absolute atomic E-state index is 11.6. The zero-order valence-electron chi connectivity index (χ0n) is 13.1. The van der Waals surface area contributed by atoms with Crippen molar-refractivity contribution in [2.24, 2.45) is 5.41 Å². The van der Waals surface area contributed by atoms with E-state index in [0.717, 1.165) is 11.3 Å². The van der Waals surface area contributed by atoms with E-state index in [0.29, 0.717) is 13.1 Å². The van der Waals surface area contributed by atoms with Crippen LogP contribution in [0.3, 0.4) is 0 Å². The topological polar surface area (TPSA) is 50.4 Å². The number of carbonyl (C=O) groups excluding carboxylic acids is 1. The predicted octanol–water partition coefficient (Wildman–Crippen LogP) is 3.32. The van der Waals surface area contributed by atoms with Gasteiger partial charge in [-0.1, -0.05) is 32.9 Å². The second kappa shape index (κ2) is 7.17. The number of hydrogen-bond donors (Lipinski definition) is 2. The van der Waals surface area contributed by atoms with Crippen molar-refractivity contribution in [3.8, 4) is 5.75 Å². The summed E-state index contributed by atoms with van der Waals surface area (Å²) in [6.45, 7) is 11.4. The number of hydrogen-bond acceptors (Lipinski definition) is 2. The smallest absolute Gasteiger partial charge is 0.315 e. The number of amides is 2. The van der Waals surface area contributed by atoms with E-state index in [9.17, 15) is 4.79 Å². The lowest BCUT2D eigenvalue weighted by Gasteiger charge is -2.19. The van der Waals surface area contributed by atoms with E-state index in [1.54, 1.807) is 0 Å². The first-order valence-corrected chi connectivity index (χ1v) is 7.03. The molecule has 0 atom stereocenters. The van der Waals surface area contributed by atoms with Crippen LogP contribution in [-0.2, 0) is 6.54 Å². The Kier molecular flexibility index (Phi) is 5.86. The van der Waals surface area contributed by atoms with Gasteiger partial charge in [-0.05, 0) is 37.0 Å². The minimum atomic E-state index is -0.137. The number of benzene rings is 1. The van der Waals surface area contributed by atoms with E-state index in [4.69, 9.17) is 4.74 Å². The first kappa shape index (κ1) is 16.3. The van der Waals surface area contributed by atoms with Crippen LogP contribution in [0.1, 0.15) is 40.2 Å². The number of urea groups is 1. The van der Waals surface area contributed by atoms with E-state index >= 15 is 0 Å². The molecule has 4 nitrogen and oxygen atoms in total. The monoisotopic (exact) mass is 278 g/mol. The van der Waals surface area contributed by atoms with Crippen LogP contribution in [-0.4, -0.2) is 18.7 Å². The molecule has 1 aromatic rings. The van der Waals surface area contributed by atoms with Gasteiger partial charge in [-0.2, -0.15) is 0 Å². The van der Waals surface area contributed by atoms with Gasteiger partial charge in [-0.25, -0.2) is 4.79 Å². The zero-order valence-corrected chi connectivity index (χ0v) is 13.1. The third kappa shape index (κ3) is 7.02. The van der Waals surface area contributed by atoms with Gasteiger partial charge < -0.3 is 15.4 Å². The molecule has 0 radical (unpaired) electrons. The molecular weight excluding hydrogens is 252 g/mol. The SMILES string of the molecule is CC(C)Oc1ccc(CNC(=O)NCC(C)(C)C)cc1. The molecule has 0 saturated heterocycles. The van der Waals surface area contributed by atoms with Crippen LogP contribution >= 0.6 is 0 Å². The Morgan fingerprint density at radius 1 is 1.15 bits per heavy atom. The third-order valence-electron chi connectivity index (χ3n) is 2.53. The van der Waals surface area contributed by atoms with Gasteiger partial charge in [-0.3, -0.25) is 0 Å². The van der Waals surface area contributed by atoms with E-state index in [1.165, 1.54) is 0 Å². The predicted molar refractivity (Wildman–Crippen MR) is 81.9 cm³/mol. The Labute approximate surface area is 121 Å². The van der Waals surface area contributed by atoms with Crippen molar-refractivity contribution in [3.63, 3.8) is 0 Å². The molecule has 4 heteroatoms. The van der Waals surface area contributed by atoms with Crippen molar-refractivity contribution in [3.05, 3.63) is 29.8 Å². The molecule has 0 heterocycles. The average Bonchev–Trinajstić information content (AvgIpc) is 2.34.